The molecule has 3 aliphatic carbocycles. The maximum atomic E-state index is 12.8. The summed E-state index contributed by atoms with van der Waals surface area (Å²) < 4.78 is 0. The second-order valence-corrected chi connectivity index (χ2v) is 7.04. The Morgan fingerprint density at radius 3 is 2.00 bits per heavy atom. The first-order valence-electron chi connectivity index (χ1n) is 8.28. The highest BCUT2D eigenvalue weighted by molar-refractivity contribution is 5.85. The van der Waals surface area contributed by atoms with Crippen molar-refractivity contribution in [2.45, 2.75) is 63.8 Å². The topological polar surface area (TPSA) is 46.3 Å². The smallest absolute Gasteiger partial charge is 0.227 e. The lowest BCUT2D eigenvalue weighted by Gasteiger charge is -2.29. The number of hydrogen-bond acceptors (Lipinski definition) is 2. The van der Waals surface area contributed by atoms with Gasteiger partial charge in [-0.25, -0.2) is 0 Å². The minimum absolute atomic E-state index is 0. The number of nitrogens with two attached hydrogens (primary N) is 1. The summed E-state index contributed by atoms with van der Waals surface area (Å²) in [5.41, 5.74) is 6.26. The van der Waals surface area contributed by atoms with Crippen molar-refractivity contribution in [3.63, 3.8) is 0 Å². The molecule has 2 N–H and O–H groups in total. The zero-order chi connectivity index (χ0) is 13.2. The van der Waals surface area contributed by atoms with Crippen molar-refractivity contribution in [2.75, 3.05) is 13.1 Å². The van der Waals surface area contributed by atoms with E-state index in [1.165, 1.54) is 44.9 Å². The van der Waals surface area contributed by atoms with Gasteiger partial charge in [0.2, 0.25) is 5.91 Å². The van der Waals surface area contributed by atoms with Crippen LogP contribution in [0.25, 0.3) is 0 Å². The summed E-state index contributed by atoms with van der Waals surface area (Å²) in [4.78, 5) is 15.0. The van der Waals surface area contributed by atoms with Crippen LogP contribution in [0.15, 0.2) is 0 Å². The number of halogens is 1. The second kappa shape index (κ2) is 7.13. The van der Waals surface area contributed by atoms with Gasteiger partial charge >= 0.3 is 0 Å². The Balaban J connectivity index is 0.00000147. The van der Waals surface area contributed by atoms with Crippen LogP contribution >= 0.6 is 12.4 Å². The quantitative estimate of drug-likeness (QED) is 0.794. The van der Waals surface area contributed by atoms with Gasteiger partial charge in [-0.1, -0.05) is 19.3 Å². The van der Waals surface area contributed by atoms with E-state index in [0.717, 1.165) is 37.8 Å². The maximum absolute atomic E-state index is 12.8. The lowest BCUT2D eigenvalue weighted by Crippen LogP contribution is -2.45. The van der Waals surface area contributed by atoms with Gasteiger partial charge in [-0.05, 0) is 50.4 Å². The van der Waals surface area contributed by atoms with E-state index in [-0.39, 0.29) is 24.4 Å². The van der Waals surface area contributed by atoms with Gasteiger partial charge in [-0.3, -0.25) is 4.79 Å². The van der Waals surface area contributed by atoms with Crippen LogP contribution < -0.4 is 5.73 Å². The zero-order valence-corrected chi connectivity index (χ0v) is 13.2. The third kappa shape index (κ3) is 4.36. The van der Waals surface area contributed by atoms with Gasteiger partial charge in [-0.15, -0.1) is 12.4 Å². The summed E-state index contributed by atoms with van der Waals surface area (Å²) in [7, 11) is 0. The molecule has 3 nitrogen and oxygen atoms in total. The Kier molecular flexibility index (Phi) is 5.74. The van der Waals surface area contributed by atoms with E-state index in [9.17, 15) is 4.79 Å². The number of carbonyl (C=O) groups is 1. The molecule has 2 unspecified atom stereocenters. The molecular weight excluding hydrogens is 272 g/mol. The van der Waals surface area contributed by atoms with Crippen molar-refractivity contribution in [2.24, 2.45) is 23.5 Å². The van der Waals surface area contributed by atoms with E-state index in [0.29, 0.717) is 5.91 Å². The number of carbonyl (C=O) groups excluding carboxylic acids is 1. The molecule has 3 rings (SSSR count). The Bertz CT molecular complexity index is 314. The van der Waals surface area contributed by atoms with Crippen molar-refractivity contribution in [1.29, 1.82) is 0 Å². The lowest BCUT2D eigenvalue weighted by atomic mass is 9.93. The van der Waals surface area contributed by atoms with Gasteiger partial charge < -0.3 is 10.6 Å². The third-order valence-corrected chi connectivity index (χ3v) is 5.05. The largest absolute Gasteiger partial charge is 0.342 e. The standard InChI is InChI=1S/C16H28N2O.ClH/c17-15-5-3-1-2-4-14(15)16(19)18(10-12-6-7-12)11-13-8-9-13;/h12-15H,1-11,17H2;1H. The van der Waals surface area contributed by atoms with Gasteiger partial charge in [0.1, 0.15) is 0 Å². The van der Waals surface area contributed by atoms with Crippen LogP contribution in [0.1, 0.15) is 57.8 Å². The second-order valence-electron chi connectivity index (χ2n) is 7.04. The Labute approximate surface area is 129 Å². The first-order valence-corrected chi connectivity index (χ1v) is 8.28. The summed E-state index contributed by atoms with van der Waals surface area (Å²) in [6.07, 6.45) is 11.0. The fraction of sp³-hybridized carbons (Fsp3) is 0.938. The van der Waals surface area contributed by atoms with Crippen molar-refractivity contribution in [1.82, 2.24) is 4.90 Å². The van der Waals surface area contributed by atoms with Gasteiger partial charge in [0.25, 0.3) is 0 Å². The maximum Gasteiger partial charge on any atom is 0.227 e. The van der Waals surface area contributed by atoms with Crippen LogP contribution in [0.5, 0.6) is 0 Å². The molecule has 3 aliphatic rings. The van der Waals surface area contributed by atoms with Crippen molar-refractivity contribution < 1.29 is 4.79 Å². The fourth-order valence-corrected chi connectivity index (χ4v) is 3.36. The molecule has 3 saturated carbocycles. The minimum Gasteiger partial charge on any atom is -0.342 e. The van der Waals surface area contributed by atoms with Gasteiger partial charge in [-0.2, -0.15) is 0 Å². The minimum atomic E-state index is 0. The molecule has 3 fully saturated rings. The van der Waals surface area contributed by atoms with Gasteiger partial charge in [0, 0.05) is 19.1 Å². The van der Waals surface area contributed by atoms with Crippen LogP contribution in [-0.2, 0) is 4.79 Å². The third-order valence-electron chi connectivity index (χ3n) is 5.05. The zero-order valence-electron chi connectivity index (χ0n) is 12.4. The van der Waals surface area contributed by atoms with Crippen molar-refractivity contribution in [3.05, 3.63) is 0 Å². The van der Waals surface area contributed by atoms with Crippen molar-refractivity contribution >= 4 is 18.3 Å². The molecule has 0 radical (unpaired) electrons. The predicted molar refractivity (Wildman–Crippen MR) is 83.8 cm³/mol. The molecule has 0 aromatic rings. The molecule has 4 heteroatoms. The van der Waals surface area contributed by atoms with E-state index in [4.69, 9.17) is 5.73 Å². The molecule has 20 heavy (non-hydrogen) atoms. The Morgan fingerprint density at radius 1 is 0.900 bits per heavy atom. The molecule has 0 aromatic carbocycles. The summed E-state index contributed by atoms with van der Waals surface area (Å²) in [5.74, 6) is 2.09. The van der Waals surface area contributed by atoms with Crippen LogP contribution in [0.4, 0.5) is 0 Å². The highest BCUT2D eigenvalue weighted by Crippen LogP contribution is 2.35. The summed E-state index contributed by atoms with van der Waals surface area (Å²) in [6.45, 7) is 2.02. The van der Waals surface area contributed by atoms with E-state index in [1.54, 1.807) is 0 Å². The Morgan fingerprint density at radius 2 is 1.45 bits per heavy atom. The molecule has 0 aromatic heterocycles. The first kappa shape index (κ1) is 16.1. The number of amides is 1. The molecule has 116 valence electrons. The van der Waals surface area contributed by atoms with Gasteiger partial charge in [0.15, 0.2) is 0 Å². The molecule has 2 atom stereocenters. The van der Waals surface area contributed by atoms with Crippen molar-refractivity contribution in [3.8, 4) is 0 Å². The lowest BCUT2D eigenvalue weighted by molar-refractivity contribution is -0.137. The average molecular weight is 301 g/mol. The van der Waals surface area contributed by atoms with Crippen LogP contribution in [-0.4, -0.2) is 29.9 Å². The molecule has 1 amide bonds. The molecule has 0 spiro atoms. The SMILES string of the molecule is Cl.NC1CCCCCC1C(=O)N(CC1CC1)CC1CC1. The highest BCUT2D eigenvalue weighted by Gasteiger charge is 2.36. The molecule has 0 bridgehead atoms. The normalized spacial score (nSPS) is 30.2. The monoisotopic (exact) mass is 300 g/mol. The summed E-state index contributed by atoms with van der Waals surface area (Å²) in [6, 6.07) is 0.107. The van der Waals surface area contributed by atoms with Gasteiger partial charge in [0.05, 0.1) is 5.92 Å². The van der Waals surface area contributed by atoms with Crippen LogP contribution in [0.3, 0.4) is 0 Å². The highest BCUT2D eigenvalue weighted by atomic mass is 35.5. The fourth-order valence-electron chi connectivity index (χ4n) is 3.36. The summed E-state index contributed by atoms with van der Waals surface area (Å²) >= 11 is 0. The molecule has 0 heterocycles. The van der Waals surface area contributed by atoms with Crippen LogP contribution in [0.2, 0.25) is 0 Å². The number of nitrogens with zero attached hydrogens (tertiary/aromatic N) is 1. The van der Waals surface area contributed by atoms with E-state index >= 15 is 0 Å². The summed E-state index contributed by atoms with van der Waals surface area (Å²) in [5, 5.41) is 0. The van der Waals surface area contributed by atoms with E-state index < -0.39 is 0 Å². The number of rotatable bonds is 5. The Hall–Kier alpha value is -0.280. The molecule has 0 saturated heterocycles. The first-order chi connectivity index (χ1) is 9.24. The van der Waals surface area contributed by atoms with E-state index in [2.05, 4.69) is 4.90 Å². The molecule has 0 aliphatic heterocycles. The predicted octanol–water partition coefficient (Wildman–Crippen LogP) is 2.96. The molecular formula is C16H29ClN2O. The van der Waals surface area contributed by atoms with E-state index in [1.807, 2.05) is 0 Å². The average Bonchev–Trinajstić information content (AvgIpc) is 3.25. The number of hydrogen-bond donors (Lipinski definition) is 1. The van der Waals surface area contributed by atoms with Crippen LogP contribution in [0, 0.1) is 17.8 Å².